The van der Waals surface area contributed by atoms with E-state index in [1.54, 1.807) is 37.1 Å². The molecule has 7 nitrogen and oxygen atoms in total. The number of H-pyrrole nitrogens is 1. The first-order chi connectivity index (χ1) is 10.8. The lowest BCUT2D eigenvalue weighted by molar-refractivity contribution is 0.114. The molecule has 1 saturated heterocycles. The topological polar surface area (TPSA) is 80.2 Å². The Bertz CT molecular complexity index is 789. The van der Waals surface area contributed by atoms with Crippen molar-refractivity contribution in [3.63, 3.8) is 0 Å². The fraction of sp³-hybridized carbons (Fsp3) is 0.533. The van der Waals surface area contributed by atoms with Crippen LogP contribution in [0.25, 0.3) is 0 Å². The van der Waals surface area contributed by atoms with E-state index >= 15 is 0 Å². The van der Waals surface area contributed by atoms with E-state index in [9.17, 15) is 8.42 Å². The van der Waals surface area contributed by atoms with E-state index in [1.165, 1.54) is 4.31 Å². The van der Waals surface area contributed by atoms with Crippen molar-refractivity contribution in [1.82, 2.24) is 18.8 Å². The van der Waals surface area contributed by atoms with E-state index in [0.29, 0.717) is 18.8 Å². The Morgan fingerprint density at radius 2 is 2.13 bits per heavy atom. The molecule has 126 valence electrons. The van der Waals surface area contributed by atoms with Crippen LogP contribution in [-0.4, -0.2) is 47.0 Å². The maximum Gasteiger partial charge on any atom is 0.259 e. The van der Waals surface area contributed by atoms with Crippen LogP contribution >= 0.6 is 0 Å². The molecule has 0 aliphatic carbocycles. The lowest BCUT2D eigenvalue weighted by Crippen LogP contribution is -2.33. The van der Waals surface area contributed by atoms with Gasteiger partial charge in [-0.1, -0.05) is 0 Å². The fourth-order valence-corrected chi connectivity index (χ4v) is 4.82. The highest BCUT2D eigenvalue weighted by molar-refractivity contribution is 7.89. The van der Waals surface area contributed by atoms with Crippen LogP contribution in [0.1, 0.15) is 29.7 Å². The van der Waals surface area contributed by atoms with E-state index in [0.717, 1.165) is 11.4 Å². The summed E-state index contributed by atoms with van der Waals surface area (Å²) < 4.78 is 34.7. The SMILES string of the molecule is CO[C@@H]1C[C@@H](c2nc(C)c(C)[nH]2)N(S(=O)(=O)c2cccn2C)C1. The van der Waals surface area contributed by atoms with Gasteiger partial charge in [-0.15, -0.1) is 0 Å². The quantitative estimate of drug-likeness (QED) is 0.916. The Kier molecular flexibility index (Phi) is 4.07. The number of hydrogen-bond acceptors (Lipinski definition) is 4. The van der Waals surface area contributed by atoms with Crippen LogP contribution in [-0.2, 0) is 21.8 Å². The zero-order chi connectivity index (χ0) is 16.8. The van der Waals surface area contributed by atoms with E-state index in [2.05, 4.69) is 9.97 Å². The van der Waals surface area contributed by atoms with Gasteiger partial charge in [-0.25, -0.2) is 13.4 Å². The van der Waals surface area contributed by atoms with Gasteiger partial charge in [0.1, 0.15) is 10.9 Å². The van der Waals surface area contributed by atoms with Crippen molar-refractivity contribution in [2.45, 2.75) is 37.4 Å². The first-order valence-electron chi connectivity index (χ1n) is 7.53. The lowest BCUT2D eigenvalue weighted by atomic mass is 10.2. The second kappa shape index (κ2) is 5.77. The monoisotopic (exact) mass is 338 g/mol. The van der Waals surface area contributed by atoms with Gasteiger partial charge in [0.25, 0.3) is 10.0 Å². The number of rotatable bonds is 4. The first kappa shape index (κ1) is 16.2. The standard InChI is InChI=1S/C15H22N4O3S/c1-10-11(2)17-15(16-10)13-8-12(22-4)9-19(13)23(20,21)14-6-5-7-18(14)3/h5-7,12-13H,8-9H2,1-4H3,(H,16,17)/t12-,13+/m1/s1. The van der Waals surface area contributed by atoms with Crippen LogP contribution in [0.5, 0.6) is 0 Å². The van der Waals surface area contributed by atoms with Gasteiger partial charge < -0.3 is 14.3 Å². The molecule has 3 heterocycles. The molecular formula is C15H22N4O3S. The van der Waals surface area contributed by atoms with Gasteiger partial charge in [-0.2, -0.15) is 4.31 Å². The fourth-order valence-electron chi connectivity index (χ4n) is 3.02. The summed E-state index contributed by atoms with van der Waals surface area (Å²) in [5.74, 6) is 0.678. The van der Waals surface area contributed by atoms with Gasteiger partial charge >= 0.3 is 0 Å². The summed E-state index contributed by atoms with van der Waals surface area (Å²) in [6.07, 6.45) is 2.18. The Morgan fingerprint density at radius 1 is 1.39 bits per heavy atom. The van der Waals surface area contributed by atoms with E-state index in [4.69, 9.17) is 4.74 Å². The Labute approximate surface area is 136 Å². The molecular weight excluding hydrogens is 316 g/mol. The molecule has 0 spiro atoms. The van der Waals surface area contributed by atoms with Crippen molar-refractivity contribution in [3.05, 3.63) is 35.5 Å². The van der Waals surface area contributed by atoms with Crippen LogP contribution in [0.15, 0.2) is 23.4 Å². The average Bonchev–Trinajstić information content (AvgIpc) is 3.18. The zero-order valence-corrected chi connectivity index (χ0v) is 14.6. The number of nitrogens with one attached hydrogen (secondary N) is 1. The molecule has 0 unspecified atom stereocenters. The predicted molar refractivity (Wildman–Crippen MR) is 85.5 cm³/mol. The number of sulfonamides is 1. The van der Waals surface area contributed by atoms with Crippen molar-refractivity contribution in [1.29, 1.82) is 0 Å². The minimum Gasteiger partial charge on any atom is -0.380 e. The van der Waals surface area contributed by atoms with Gasteiger partial charge in [0.2, 0.25) is 0 Å². The van der Waals surface area contributed by atoms with Crippen molar-refractivity contribution < 1.29 is 13.2 Å². The Hall–Kier alpha value is -1.64. The highest BCUT2D eigenvalue weighted by Crippen LogP contribution is 2.36. The minimum atomic E-state index is -3.61. The highest BCUT2D eigenvalue weighted by atomic mass is 32.2. The third-order valence-electron chi connectivity index (χ3n) is 4.48. The van der Waals surface area contributed by atoms with Gasteiger partial charge in [-0.05, 0) is 32.4 Å². The van der Waals surface area contributed by atoms with E-state index in [-0.39, 0.29) is 17.2 Å². The molecule has 0 amide bonds. The molecule has 2 aromatic rings. The number of hydrogen-bond donors (Lipinski definition) is 1. The molecule has 3 rings (SSSR count). The lowest BCUT2D eigenvalue weighted by Gasteiger charge is -2.22. The van der Waals surface area contributed by atoms with Gasteiger partial charge in [0, 0.05) is 32.6 Å². The number of aromatic amines is 1. The highest BCUT2D eigenvalue weighted by Gasteiger charge is 2.43. The molecule has 23 heavy (non-hydrogen) atoms. The summed E-state index contributed by atoms with van der Waals surface area (Å²) in [4.78, 5) is 7.72. The van der Waals surface area contributed by atoms with Crippen LogP contribution in [0.4, 0.5) is 0 Å². The number of aryl methyl sites for hydroxylation is 3. The summed E-state index contributed by atoms with van der Waals surface area (Å²) in [6.45, 7) is 4.17. The molecule has 0 saturated carbocycles. The minimum absolute atomic E-state index is 0.138. The molecule has 0 bridgehead atoms. The zero-order valence-electron chi connectivity index (χ0n) is 13.8. The van der Waals surface area contributed by atoms with Crippen molar-refractivity contribution in [2.24, 2.45) is 7.05 Å². The normalized spacial score (nSPS) is 22.8. The number of ether oxygens (including phenoxy) is 1. The Balaban J connectivity index is 2.03. The second-order valence-corrected chi connectivity index (χ2v) is 7.81. The van der Waals surface area contributed by atoms with Crippen molar-refractivity contribution in [2.75, 3.05) is 13.7 Å². The predicted octanol–water partition coefficient (Wildman–Crippen LogP) is 1.52. The number of aromatic nitrogens is 3. The van der Waals surface area contributed by atoms with Crippen LogP contribution in [0, 0.1) is 13.8 Å². The number of imidazole rings is 1. The average molecular weight is 338 g/mol. The number of methoxy groups -OCH3 is 1. The van der Waals surface area contributed by atoms with Gasteiger partial charge in [0.05, 0.1) is 17.8 Å². The second-order valence-electron chi connectivity index (χ2n) is 5.97. The van der Waals surface area contributed by atoms with Crippen molar-refractivity contribution in [3.8, 4) is 0 Å². The third kappa shape index (κ3) is 2.71. The molecule has 1 aliphatic rings. The van der Waals surface area contributed by atoms with Gasteiger partial charge in [0.15, 0.2) is 0 Å². The summed E-state index contributed by atoms with van der Waals surface area (Å²) in [6, 6.07) is 3.00. The molecule has 2 atom stereocenters. The summed E-state index contributed by atoms with van der Waals surface area (Å²) in [5.41, 5.74) is 1.84. The first-order valence-corrected chi connectivity index (χ1v) is 8.97. The Morgan fingerprint density at radius 3 is 2.65 bits per heavy atom. The molecule has 0 radical (unpaired) electrons. The molecule has 1 N–H and O–H groups in total. The van der Waals surface area contributed by atoms with Crippen LogP contribution in [0.3, 0.4) is 0 Å². The molecule has 0 aromatic carbocycles. The third-order valence-corrected chi connectivity index (χ3v) is 6.46. The number of nitrogens with zero attached hydrogens (tertiary/aromatic N) is 3. The smallest absolute Gasteiger partial charge is 0.259 e. The van der Waals surface area contributed by atoms with Crippen LogP contribution < -0.4 is 0 Å². The summed E-state index contributed by atoms with van der Waals surface area (Å²) >= 11 is 0. The molecule has 8 heteroatoms. The molecule has 1 fully saturated rings. The van der Waals surface area contributed by atoms with Crippen LogP contribution in [0.2, 0.25) is 0 Å². The van der Waals surface area contributed by atoms with E-state index < -0.39 is 10.0 Å². The van der Waals surface area contributed by atoms with Crippen molar-refractivity contribution >= 4 is 10.0 Å². The summed E-state index contributed by atoms with van der Waals surface area (Å²) in [5, 5.41) is 0.277. The maximum absolute atomic E-state index is 13.1. The maximum atomic E-state index is 13.1. The molecule has 1 aliphatic heterocycles. The van der Waals surface area contributed by atoms with E-state index in [1.807, 2.05) is 13.8 Å². The largest absolute Gasteiger partial charge is 0.380 e. The molecule has 2 aromatic heterocycles. The summed E-state index contributed by atoms with van der Waals surface area (Å²) in [7, 11) is -0.274. The van der Waals surface area contributed by atoms with Gasteiger partial charge in [-0.3, -0.25) is 0 Å².